The lowest BCUT2D eigenvalue weighted by atomic mass is 9.94. The molecule has 50 heavy (non-hydrogen) atoms. The fourth-order valence-corrected chi connectivity index (χ4v) is 7.43. The van der Waals surface area contributed by atoms with Crippen molar-refractivity contribution in [2.45, 2.75) is 0 Å². The first-order valence-corrected chi connectivity index (χ1v) is 16.3. The van der Waals surface area contributed by atoms with Gasteiger partial charge in [0.05, 0.1) is 57.6 Å². The molecule has 0 amide bonds. The van der Waals surface area contributed by atoms with Crippen molar-refractivity contribution in [3.63, 3.8) is 0 Å². The van der Waals surface area contributed by atoms with Crippen LogP contribution in [0.3, 0.4) is 0 Å². The second-order valence-corrected chi connectivity index (χ2v) is 12.3. The summed E-state index contributed by atoms with van der Waals surface area (Å²) in [5.74, 6) is 0. The highest BCUT2D eigenvalue weighted by atomic mass is 15.0. The minimum absolute atomic E-state index is 0.531. The molecule has 0 atom stereocenters. The summed E-state index contributed by atoms with van der Waals surface area (Å²) >= 11 is 0. The van der Waals surface area contributed by atoms with E-state index in [0.29, 0.717) is 16.8 Å². The number of nitriles is 2. The Morgan fingerprint density at radius 3 is 1.94 bits per heavy atom. The molecule has 9 aromatic rings. The van der Waals surface area contributed by atoms with Gasteiger partial charge in [-0.05, 0) is 77.2 Å². The van der Waals surface area contributed by atoms with E-state index in [-0.39, 0.29) is 0 Å². The topological polar surface area (TPSA) is 61.8 Å². The van der Waals surface area contributed by atoms with Crippen molar-refractivity contribution in [1.29, 1.82) is 10.5 Å². The summed E-state index contributed by atoms with van der Waals surface area (Å²) in [6, 6.07) is 55.6. The Kier molecular flexibility index (Phi) is 6.56. The van der Waals surface area contributed by atoms with Gasteiger partial charge in [0, 0.05) is 33.0 Å². The number of hydrogen-bond donors (Lipinski definition) is 0. The maximum absolute atomic E-state index is 10.3. The fourth-order valence-electron chi connectivity index (χ4n) is 7.43. The maximum Gasteiger partial charge on any atom is 0.211 e. The van der Waals surface area contributed by atoms with E-state index in [9.17, 15) is 10.5 Å². The first kappa shape index (κ1) is 28.8. The number of fused-ring (bicyclic) bond motifs is 6. The Labute approximate surface area is 288 Å². The van der Waals surface area contributed by atoms with Crippen LogP contribution < -0.4 is 0 Å². The summed E-state index contributed by atoms with van der Waals surface area (Å²) in [5, 5.41) is 24.2. The summed E-state index contributed by atoms with van der Waals surface area (Å²) in [7, 11) is 0. The van der Waals surface area contributed by atoms with Gasteiger partial charge in [0.2, 0.25) is 5.69 Å². The number of benzene rings is 7. The lowest BCUT2D eigenvalue weighted by Gasteiger charge is -2.16. The van der Waals surface area contributed by atoms with Crippen molar-refractivity contribution in [2.75, 3.05) is 0 Å². The minimum Gasteiger partial charge on any atom is -0.319 e. The van der Waals surface area contributed by atoms with Gasteiger partial charge in [0.25, 0.3) is 0 Å². The molecule has 0 aliphatic heterocycles. The molecule has 0 N–H and O–H groups in total. The highest BCUT2D eigenvalue weighted by Crippen LogP contribution is 2.40. The predicted octanol–water partition coefficient (Wildman–Crippen LogP) is 11.5. The molecule has 9 rings (SSSR count). The second-order valence-electron chi connectivity index (χ2n) is 12.3. The van der Waals surface area contributed by atoms with Crippen LogP contribution in [0.1, 0.15) is 11.1 Å². The zero-order valence-corrected chi connectivity index (χ0v) is 26.7. The third kappa shape index (κ3) is 4.31. The summed E-state index contributed by atoms with van der Waals surface area (Å²) in [4.78, 5) is 3.86. The van der Waals surface area contributed by atoms with Gasteiger partial charge in [-0.1, -0.05) is 91.0 Å². The molecule has 7 aromatic carbocycles. The maximum atomic E-state index is 10.3. The van der Waals surface area contributed by atoms with E-state index in [2.05, 4.69) is 111 Å². The van der Waals surface area contributed by atoms with Gasteiger partial charge in [0.1, 0.15) is 0 Å². The first-order valence-electron chi connectivity index (χ1n) is 16.3. The number of hydrogen-bond acceptors (Lipinski definition) is 2. The Balaban J connectivity index is 1.25. The molecule has 0 saturated carbocycles. The predicted molar refractivity (Wildman–Crippen MR) is 202 cm³/mol. The Morgan fingerprint density at radius 2 is 1.18 bits per heavy atom. The average Bonchev–Trinajstić information content (AvgIpc) is 3.70. The average molecular weight is 636 g/mol. The normalized spacial score (nSPS) is 11.1. The number of rotatable bonds is 4. The standard InChI is InChI=1S/C45H25N5/c1-48-40-16-9-15-37-39-24-29(27-46)20-23-44(39)49(45(37)40)33-11-8-10-30(25-33)38-26-31(21-22-32(38)28-47)34-12-2-5-17-41(34)50-42-18-6-3-13-35(42)36-14-4-7-19-43(36)50/h2-26H. The van der Waals surface area contributed by atoms with Crippen molar-refractivity contribution < 1.29 is 0 Å². The molecule has 0 saturated heterocycles. The van der Waals surface area contributed by atoms with Gasteiger partial charge >= 0.3 is 0 Å². The van der Waals surface area contributed by atoms with Crippen molar-refractivity contribution in [1.82, 2.24) is 9.13 Å². The van der Waals surface area contributed by atoms with Gasteiger partial charge in [-0.2, -0.15) is 10.5 Å². The van der Waals surface area contributed by atoms with Crippen molar-refractivity contribution in [3.8, 4) is 45.8 Å². The van der Waals surface area contributed by atoms with Gasteiger partial charge in [-0.25, -0.2) is 4.85 Å². The third-order valence-corrected chi connectivity index (χ3v) is 9.61. The van der Waals surface area contributed by atoms with E-state index >= 15 is 0 Å². The van der Waals surface area contributed by atoms with Crippen LogP contribution in [0.5, 0.6) is 0 Å². The Morgan fingerprint density at radius 1 is 0.500 bits per heavy atom. The molecule has 2 aromatic heterocycles. The lowest BCUT2D eigenvalue weighted by Crippen LogP contribution is -1.98. The molecule has 0 unspecified atom stereocenters. The number of aromatic nitrogens is 2. The third-order valence-electron chi connectivity index (χ3n) is 9.61. The molecule has 0 radical (unpaired) electrons. The van der Waals surface area contributed by atoms with Gasteiger partial charge < -0.3 is 9.13 Å². The van der Waals surface area contributed by atoms with Crippen LogP contribution >= 0.6 is 0 Å². The summed E-state index contributed by atoms with van der Waals surface area (Å²) < 4.78 is 4.42. The molecule has 5 heteroatoms. The van der Waals surface area contributed by atoms with E-state index in [1.54, 1.807) is 0 Å². The van der Waals surface area contributed by atoms with Crippen LogP contribution in [0.15, 0.2) is 152 Å². The molecule has 0 aliphatic carbocycles. The smallest absolute Gasteiger partial charge is 0.211 e. The summed E-state index contributed by atoms with van der Waals surface area (Å²) in [6.45, 7) is 7.95. The molecule has 0 bridgehead atoms. The van der Waals surface area contributed by atoms with E-state index in [1.807, 2.05) is 66.7 Å². The van der Waals surface area contributed by atoms with Crippen molar-refractivity contribution in [3.05, 3.63) is 174 Å². The SMILES string of the molecule is [C-]#[N+]c1cccc2c3cc(C#N)ccc3n(-c3cccc(-c4cc(-c5ccccc5-n5c6ccccc6c6ccccc65)ccc4C#N)c3)c12. The Hall–Kier alpha value is -7.39. The summed E-state index contributed by atoms with van der Waals surface area (Å²) in [5.41, 5.74) is 11.3. The molecule has 5 nitrogen and oxygen atoms in total. The van der Waals surface area contributed by atoms with Crippen LogP contribution in [0.25, 0.3) is 82.1 Å². The zero-order chi connectivity index (χ0) is 33.8. The van der Waals surface area contributed by atoms with Gasteiger partial charge in [-0.15, -0.1) is 0 Å². The zero-order valence-electron chi connectivity index (χ0n) is 26.7. The van der Waals surface area contributed by atoms with Crippen LogP contribution in [-0.4, -0.2) is 9.13 Å². The monoisotopic (exact) mass is 635 g/mol. The quantitative estimate of drug-likeness (QED) is 0.181. The summed E-state index contributed by atoms with van der Waals surface area (Å²) in [6.07, 6.45) is 0. The van der Waals surface area contributed by atoms with E-state index < -0.39 is 0 Å². The van der Waals surface area contributed by atoms with Crippen LogP contribution in [0.4, 0.5) is 5.69 Å². The molecule has 2 heterocycles. The van der Waals surface area contributed by atoms with Crippen LogP contribution in [-0.2, 0) is 0 Å². The molecule has 230 valence electrons. The van der Waals surface area contributed by atoms with Gasteiger partial charge in [0.15, 0.2) is 0 Å². The molecular weight excluding hydrogens is 611 g/mol. The second kappa shape index (κ2) is 11.4. The van der Waals surface area contributed by atoms with Crippen molar-refractivity contribution >= 4 is 49.3 Å². The molecular formula is C45H25N5. The van der Waals surface area contributed by atoms with Crippen LogP contribution in [0.2, 0.25) is 0 Å². The van der Waals surface area contributed by atoms with Crippen LogP contribution in [0, 0.1) is 29.2 Å². The molecule has 0 spiro atoms. The Bertz CT molecular complexity index is 2920. The van der Waals surface area contributed by atoms with E-state index in [4.69, 9.17) is 6.57 Å². The number of nitrogens with zero attached hydrogens (tertiary/aromatic N) is 5. The largest absolute Gasteiger partial charge is 0.319 e. The molecule has 0 aliphatic rings. The van der Waals surface area contributed by atoms with E-state index in [1.165, 1.54) is 10.8 Å². The highest BCUT2D eigenvalue weighted by Gasteiger charge is 2.19. The minimum atomic E-state index is 0.531. The highest BCUT2D eigenvalue weighted by molar-refractivity contribution is 6.14. The fraction of sp³-hybridized carbons (Fsp3) is 0. The van der Waals surface area contributed by atoms with Crippen molar-refractivity contribution in [2.24, 2.45) is 0 Å². The van der Waals surface area contributed by atoms with E-state index in [0.717, 1.165) is 66.5 Å². The lowest BCUT2D eigenvalue weighted by molar-refractivity contribution is 1.18. The number of para-hydroxylation sites is 4. The van der Waals surface area contributed by atoms with Gasteiger partial charge in [-0.3, -0.25) is 0 Å². The molecule has 0 fully saturated rings. The first-order chi connectivity index (χ1) is 24.7.